The van der Waals surface area contributed by atoms with Crippen LogP contribution in [0.3, 0.4) is 0 Å². The molecule has 1 aromatic carbocycles. The van der Waals surface area contributed by atoms with Crippen molar-refractivity contribution in [2.45, 2.75) is 6.18 Å². The lowest BCUT2D eigenvalue weighted by molar-refractivity contribution is -0.364. The number of amides is 1. The van der Waals surface area contributed by atoms with Gasteiger partial charge in [0.1, 0.15) is 4.83 Å². The van der Waals surface area contributed by atoms with Crippen molar-refractivity contribution in [3.8, 4) is 5.69 Å². The molecule has 5 nitrogen and oxygen atoms in total. The molecule has 3 aromatic rings. The maximum atomic E-state index is 13.3. The summed E-state index contributed by atoms with van der Waals surface area (Å²) in [6.45, 7) is 0.867. The maximum absolute atomic E-state index is 13.3. The minimum absolute atomic E-state index is 0.0730. The number of nitrogens with one attached hydrogen (secondary N) is 1. The van der Waals surface area contributed by atoms with Gasteiger partial charge in [-0.3, -0.25) is 4.79 Å². The Labute approximate surface area is 138 Å². The Morgan fingerprint density at radius 2 is 2.00 bits per heavy atom. The lowest BCUT2D eigenvalue weighted by Gasteiger charge is -2.04. The van der Waals surface area contributed by atoms with Crippen LogP contribution in [0.15, 0.2) is 36.4 Å². The van der Waals surface area contributed by atoms with Crippen LogP contribution >= 0.6 is 11.3 Å². The molecule has 0 fully saturated rings. The highest BCUT2D eigenvalue weighted by Gasteiger charge is 2.38. The number of thiophene rings is 1. The Bertz CT molecular complexity index is 870. The molecule has 2 aromatic heterocycles. The van der Waals surface area contributed by atoms with E-state index in [9.17, 15) is 18.0 Å². The van der Waals surface area contributed by atoms with Gasteiger partial charge in [0, 0.05) is 5.39 Å². The molecular weight excluding hydrogens is 341 g/mol. The smallest absolute Gasteiger partial charge is 0.356 e. The lowest BCUT2D eigenvalue weighted by atomic mass is 10.2. The predicted molar refractivity (Wildman–Crippen MR) is 84.0 cm³/mol. The molecule has 0 saturated heterocycles. The average molecular weight is 355 g/mol. The minimum atomic E-state index is -4.60. The number of nitrogens with zero attached hydrogens (tertiary/aromatic N) is 2. The Morgan fingerprint density at radius 1 is 1.29 bits per heavy atom. The van der Waals surface area contributed by atoms with E-state index < -0.39 is 17.8 Å². The summed E-state index contributed by atoms with van der Waals surface area (Å²) >= 11 is 0.982. The zero-order valence-electron chi connectivity index (χ0n) is 12.4. The third kappa shape index (κ3) is 3.00. The topological polar surface area (TPSA) is 74.6 Å². The van der Waals surface area contributed by atoms with Crippen LogP contribution in [0.4, 0.5) is 13.2 Å². The molecule has 0 aliphatic heterocycles. The molecule has 9 heteroatoms. The summed E-state index contributed by atoms with van der Waals surface area (Å²) in [5.74, 6) is -0.410. The molecule has 0 spiro atoms. The number of hydrogen-bond donors (Lipinski definition) is 2. The highest BCUT2D eigenvalue weighted by Crippen LogP contribution is 2.38. The van der Waals surface area contributed by atoms with Crippen molar-refractivity contribution in [2.24, 2.45) is 0 Å². The Balaban J connectivity index is 2.15. The zero-order valence-corrected chi connectivity index (χ0v) is 13.2. The SMILES string of the molecule is [NH3+]CCNC(=O)c1cc2c(C(F)(F)F)nn(-c3ccccc3)c2s1. The van der Waals surface area contributed by atoms with Crippen LogP contribution in [-0.2, 0) is 6.18 Å². The second-order valence-electron chi connectivity index (χ2n) is 5.03. The number of quaternary nitrogens is 1. The molecule has 126 valence electrons. The fraction of sp³-hybridized carbons (Fsp3) is 0.200. The average Bonchev–Trinajstić information content (AvgIpc) is 3.11. The molecule has 3 rings (SSSR count). The van der Waals surface area contributed by atoms with E-state index >= 15 is 0 Å². The van der Waals surface area contributed by atoms with E-state index in [1.54, 1.807) is 30.3 Å². The van der Waals surface area contributed by atoms with Gasteiger partial charge in [0.2, 0.25) is 0 Å². The third-order valence-electron chi connectivity index (χ3n) is 3.32. The normalized spacial score (nSPS) is 11.8. The van der Waals surface area contributed by atoms with Crippen LogP contribution in [0.25, 0.3) is 15.9 Å². The van der Waals surface area contributed by atoms with Crippen LogP contribution in [0.1, 0.15) is 15.4 Å². The summed E-state index contributed by atoms with van der Waals surface area (Å²) in [7, 11) is 0. The van der Waals surface area contributed by atoms with Crippen molar-refractivity contribution in [3.05, 3.63) is 47.0 Å². The second kappa shape index (κ2) is 6.25. The first kappa shape index (κ1) is 16.5. The van der Waals surface area contributed by atoms with Gasteiger partial charge in [0.15, 0.2) is 5.69 Å². The number of carbonyl (C=O) groups excluding carboxylic acids is 1. The maximum Gasteiger partial charge on any atom is 0.435 e. The first-order chi connectivity index (χ1) is 11.4. The van der Waals surface area contributed by atoms with E-state index in [1.807, 2.05) is 0 Å². The first-order valence-corrected chi connectivity index (χ1v) is 7.96. The van der Waals surface area contributed by atoms with Gasteiger partial charge in [0.05, 0.1) is 23.7 Å². The van der Waals surface area contributed by atoms with Gasteiger partial charge in [-0.25, -0.2) is 4.68 Å². The highest BCUT2D eigenvalue weighted by atomic mass is 32.1. The van der Waals surface area contributed by atoms with E-state index in [4.69, 9.17) is 0 Å². The Morgan fingerprint density at radius 3 is 2.62 bits per heavy atom. The fourth-order valence-electron chi connectivity index (χ4n) is 2.26. The van der Waals surface area contributed by atoms with Crippen LogP contribution in [-0.4, -0.2) is 28.8 Å². The predicted octanol–water partition coefficient (Wildman–Crippen LogP) is 2.08. The van der Waals surface area contributed by atoms with Crippen molar-refractivity contribution < 1.29 is 23.7 Å². The highest BCUT2D eigenvalue weighted by molar-refractivity contribution is 7.20. The minimum Gasteiger partial charge on any atom is -0.356 e. The van der Waals surface area contributed by atoms with Crippen LogP contribution in [0, 0.1) is 0 Å². The van der Waals surface area contributed by atoms with E-state index in [1.165, 1.54) is 10.7 Å². The van der Waals surface area contributed by atoms with Crippen LogP contribution in [0.5, 0.6) is 0 Å². The summed E-state index contributed by atoms with van der Waals surface area (Å²) in [6.07, 6.45) is -4.60. The van der Waals surface area contributed by atoms with Crippen LogP contribution < -0.4 is 11.1 Å². The molecular formula is C15H14F3N4OS+. The van der Waals surface area contributed by atoms with Crippen molar-refractivity contribution in [3.63, 3.8) is 0 Å². The standard InChI is InChI=1S/C15H13F3N4OS/c16-15(17,18)12-10-8-11(13(23)20-7-6-19)24-14(10)22(21-12)9-4-2-1-3-5-9/h1-5,8H,6-7,19H2,(H,20,23)/p+1. The zero-order chi connectivity index (χ0) is 17.3. The van der Waals surface area contributed by atoms with Crippen molar-refractivity contribution >= 4 is 27.5 Å². The van der Waals surface area contributed by atoms with Gasteiger partial charge in [0.25, 0.3) is 5.91 Å². The molecule has 2 heterocycles. The van der Waals surface area contributed by atoms with Gasteiger partial charge in [-0.2, -0.15) is 18.3 Å². The van der Waals surface area contributed by atoms with E-state index in [-0.39, 0.29) is 15.1 Å². The quantitative estimate of drug-likeness (QED) is 0.752. The van der Waals surface area contributed by atoms with Gasteiger partial charge >= 0.3 is 6.18 Å². The third-order valence-corrected chi connectivity index (χ3v) is 4.42. The molecule has 0 saturated carbocycles. The summed E-state index contributed by atoms with van der Waals surface area (Å²) in [5.41, 5.74) is 3.12. The van der Waals surface area contributed by atoms with E-state index in [0.29, 0.717) is 18.8 Å². The van der Waals surface area contributed by atoms with Crippen molar-refractivity contribution in [2.75, 3.05) is 13.1 Å². The number of alkyl halides is 3. The van der Waals surface area contributed by atoms with E-state index in [0.717, 1.165) is 11.3 Å². The van der Waals surface area contributed by atoms with Gasteiger partial charge in [-0.15, -0.1) is 11.3 Å². The number of rotatable bonds is 4. The first-order valence-electron chi connectivity index (χ1n) is 7.14. The summed E-state index contributed by atoms with van der Waals surface area (Å²) in [6, 6.07) is 9.76. The number of carbonyl (C=O) groups is 1. The number of benzene rings is 1. The molecule has 0 unspecified atom stereocenters. The number of halogens is 3. The Hall–Kier alpha value is -2.39. The molecule has 0 bridgehead atoms. The fourth-order valence-corrected chi connectivity index (χ4v) is 3.31. The molecule has 0 aliphatic rings. The molecule has 0 aliphatic carbocycles. The molecule has 1 amide bonds. The Kier molecular flexibility index (Phi) is 4.29. The van der Waals surface area contributed by atoms with E-state index in [2.05, 4.69) is 16.1 Å². The molecule has 4 N–H and O–H groups in total. The summed E-state index contributed by atoms with van der Waals surface area (Å²) < 4.78 is 41.1. The molecule has 24 heavy (non-hydrogen) atoms. The summed E-state index contributed by atoms with van der Waals surface area (Å²) in [4.78, 5) is 12.5. The van der Waals surface area contributed by atoms with Crippen LogP contribution in [0.2, 0.25) is 0 Å². The largest absolute Gasteiger partial charge is 0.435 e. The van der Waals surface area contributed by atoms with Gasteiger partial charge < -0.3 is 11.1 Å². The van der Waals surface area contributed by atoms with Gasteiger partial charge in [-0.05, 0) is 18.2 Å². The number of para-hydroxylation sites is 1. The molecule has 0 atom stereocenters. The van der Waals surface area contributed by atoms with Gasteiger partial charge in [-0.1, -0.05) is 18.2 Å². The number of aromatic nitrogens is 2. The lowest BCUT2D eigenvalue weighted by Crippen LogP contribution is -2.54. The monoisotopic (exact) mass is 355 g/mol. The molecule has 0 radical (unpaired) electrons. The number of fused-ring (bicyclic) bond motifs is 1. The number of hydrogen-bond acceptors (Lipinski definition) is 3. The second-order valence-corrected chi connectivity index (χ2v) is 6.06. The van der Waals surface area contributed by atoms with Crippen molar-refractivity contribution in [1.29, 1.82) is 0 Å². The van der Waals surface area contributed by atoms with Crippen molar-refractivity contribution in [1.82, 2.24) is 15.1 Å². The summed E-state index contributed by atoms with van der Waals surface area (Å²) in [5, 5.41) is 6.26.